The third-order valence-corrected chi connectivity index (χ3v) is 4.33. The van der Waals surface area contributed by atoms with Gasteiger partial charge in [0.15, 0.2) is 6.04 Å². The van der Waals surface area contributed by atoms with Gasteiger partial charge < -0.3 is 20.5 Å². The molecule has 0 bridgehead atoms. The maximum absolute atomic E-state index is 13.2. The molecule has 8 heteroatoms. The number of hydrogen-bond acceptors (Lipinski definition) is 5. The highest BCUT2D eigenvalue weighted by Gasteiger charge is 2.33. The minimum atomic E-state index is -1.34. The molecule has 32 heavy (non-hydrogen) atoms. The number of benzene rings is 2. The highest BCUT2D eigenvalue weighted by atomic mass is 16.6. The zero-order chi connectivity index (χ0) is 23.9. The summed E-state index contributed by atoms with van der Waals surface area (Å²) in [5, 5.41) is 15.4. The molecule has 1 unspecified atom stereocenters. The van der Waals surface area contributed by atoms with Gasteiger partial charge in [-0.2, -0.15) is 0 Å². The predicted molar refractivity (Wildman–Crippen MR) is 121 cm³/mol. The van der Waals surface area contributed by atoms with E-state index in [2.05, 4.69) is 16.7 Å². The van der Waals surface area contributed by atoms with Crippen LogP contribution in [0.5, 0.6) is 5.75 Å². The van der Waals surface area contributed by atoms with E-state index in [9.17, 15) is 19.5 Å². The Morgan fingerprint density at radius 2 is 1.75 bits per heavy atom. The van der Waals surface area contributed by atoms with Crippen molar-refractivity contribution in [1.82, 2.24) is 10.2 Å². The number of nitrogens with zero attached hydrogens (tertiary/aromatic N) is 1. The van der Waals surface area contributed by atoms with E-state index in [0.29, 0.717) is 5.69 Å². The van der Waals surface area contributed by atoms with Crippen molar-refractivity contribution in [1.29, 1.82) is 0 Å². The zero-order valence-electron chi connectivity index (χ0n) is 18.5. The van der Waals surface area contributed by atoms with Crippen molar-refractivity contribution >= 4 is 23.6 Å². The summed E-state index contributed by atoms with van der Waals surface area (Å²) in [5.41, 5.74) is 0.739. The van der Waals surface area contributed by atoms with Crippen LogP contribution >= 0.6 is 0 Å². The molecular formula is C24H27N3O5. The molecule has 0 saturated heterocycles. The Hall–Kier alpha value is -3.99. The molecule has 0 aliphatic heterocycles. The number of para-hydroxylation sites is 2. The molecule has 3 amide bonds. The number of aromatic hydroxyl groups is 1. The van der Waals surface area contributed by atoms with Crippen LogP contribution in [0.15, 0.2) is 48.5 Å². The lowest BCUT2D eigenvalue weighted by Crippen LogP contribution is -2.44. The largest absolute Gasteiger partial charge is 0.508 e. The number of phenolic OH excluding ortho intramolecular Hbond substituents is 1. The SMILES string of the molecule is C#CN(C(=O)CNC(=O)OC(C)(C)C)C(C(=O)Nc1ccccc1C)c1ccccc1O. The molecule has 0 fully saturated rings. The van der Waals surface area contributed by atoms with Gasteiger partial charge in [0.1, 0.15) is 17.9 Å². The molecule has 1 atom stereocenters. The molecule has 0 aromatic heterocycles. The van der Waals surface area contributed by atoms with Gasteiger partial charge in [-0.1, -0.05) is 42.8 Å². The van der Waals surface area contributed by atoms with E-state index >= 15 is 0 Å². The summed E-state index contributed by atoms with van der Waals surface area (Å²) in [6, 6.07) is 14.1. The Morgan fingerprint density at radius 3 is 2.34 bits per heavy atom. The Kier molecular flexibility index (Phi) is 7.86. The van der Waals surface area contributed by atoms with E-state index in [0.717, 1.165) is 10.5 Å². The van der Waals surface area contributed by atoms with E-state index in [4.69, 9.17) is 11.2 Å². The number of phenols is 1. The molecule has 0 aliphatic rings. The molecule has 2 aromatic rings. The lowest BCUT2D eigenvalue weighted by atomic mass is 10.0. The van der Waals surface area contributed by atoms with Gasteiger partial charge in [0.25, 0.3) is 11.8 Å². The van der Waals surface area contributed by atoms with E-state index in [1.807, 2.05) is 19.1 Å². The first-order valence-electron chi connectivity index (χ1n) is 9.93. The van der Waals surface area contributed by atoms with Crippen molar-refractivity contribution < 1.29 is 24.2 Å². The van der Waals surface area contributed by atoms with Crippen molar-refractivity contribution in [2.75, 3.05) is 11.9 Å². The Labute approximate surface area is 187 Å². The molecule has 2 aromatic carbocycles. The number of rotatable bonds is 6. The first-order chi connectivity index (χ1) is 15.0. The van der Waals surface area contributed by atoms with Crippen molar-refractivity contribution in [3.8, 4) is 18.2 Å². The summed E-state index contributed by atoms with van der Waals surface area (Å²) in [7, 11) is 0. The van der Waals surface area contributed by atoms with Gasteiger partial charge in [0.2, 0.25) is 0 Å². The summed E-state index contributed by atoms with van der Waals surface area (Å²) >= 11 is 0. The standard InChI is InChI=1S/C24H27N3O5/c1-6-27(20(29)15-25-23(31)32-24(3,4)5)21(17-12-8-10-14-19(17)28)22(30)26-18-13-9-7-11-16(18)2/h1,7-14,21,28H,15H2,2-5H3,(H,25,31)(H,26,30). The molecule has 8 nitrogen and oxygen atoms in total. The second-order valence-electron chi connectivity index (χ2n) is 8.01. The molecule has 0 aliphatic carbocycles. The number of amides is 3. The van der Waals surface area contributed by atoms with Gasteiger partial charge in [-0.3, -0.25) is 14.5 Å². The fraction of sp³-hybridized carbons (Fsp3) is 0.292. The van der Waals surface area contributed by atoms with Crippen molar-refractivity contribution in [2.45, 2.75) is 39.3 Å². The van der Waals surface area contributed by atoms with Gasteiger partial charge in [-0.25, -0.2) is 4.79 Å². The first-order valence-corrected chi connectivity index (χ1v) is 9.93. The number of terminal acetylenes is 1. The average molecular weight is 437 g/mol. The van der Waals surface area contributed by atoms with Gasteiger partial charge in [-0.15, -0.1) is 0 Å². The van der Waals surface area contributed by atoms with E-state index in [-0.39, 0.29) is 11.3 Å². The zero-order valence-corrected chi connectivity index (χ0v) is 18.5. The molecule has 0 heterocycles. The lowest BCUT2D eigenvalue weighted by molar-refractivity contribution is -0.134. The summed E-state index contributed by atoms with van der Waals surface area (Å²) < 4.78 is 5.11. The minimum absolute atomic E-state index is 0.141. The number of nitrogens with one attached hydrogen (secondary N) is 2. The number of ether oxygens (including phenoxy) is 1. The first kappa shape index (κ1) is 24.3. The second-order valence-corrected chi connectivity index (χ2v) is 8.01. The quantitative estimate of drug-likeness (QED) is 0.475. The number of alkyl carbamates (subject to hydrolysis) is 1. The van der Waals surface area contributed by atoms with Crippen LogP contribution in [0.3, 0.4) is 0 Å². The molecule has 0 spiro atoms. The number of carbonyl (C=O) groups is 3. The molecule has 168 valence electrons. The summed E-state index contributed by atoms with van der Waals surface area (Å²) in [6.45, 7) is 6.38. The van der Waals surface area contributed by atoms with Crippen LogP contribution in [0.4, 0.5) is 10.5 Å². The summed E-state index contributed by atoms with van der Waals surface area (Å²) in [4.78, 5) is 38.8. The van der Waals surface area contributed by atoms with Crippen LogP contribution in [0.25, 0.3) is 0 Å². The van der Waals surface area contributed by atoms with Crippen LogP contribution in [-0.4, -0.2) is 40.1 Å². The smallest absolute Gasteiger partial charge is 0.408 e. The third-order valence-electron chi connectivity index (χ3n) is 4.33. The van der Waals surface area contributed by atoms with Crippen molar-refractivity contribution in [2.24, 2.45) is 0 Å². The van der Waals surface area contributed by atoms with Crippen LogP contribution < -0.4 is 10.6 Å². The lowest BCUT2D eigenvalue weighted by Gasteiger charge is -2.27. The van der Waals surface area contributed by atoms with Gasteiger partial charge in [0.05, 0.1) is 0 Å². The fourth-order valence-electron chi connectivity index (χ4n) is 2.87. The second kappa shape index (κ2) is 10.4. The highest BCUT2D eigenvalue weighted by Crippen LogP contribution is 2.30. The van der Waals surface area contributed by atoms with Crippen LogP contribution in [0, 0.1) is 19.4 Å². The van der Waals surface area contributed by atoms with Gasteiger partial charge in [0, 0.05) is 17.3 Å². The van der Waals surface area contributed by atoms with Crippen LogP contribution in [0.2, 0.25) is 0 Å². The van der Waals surface area contributed by atoms with E-state index in [1.54, 1.807) is 45.0 Å². The number of carbonyl (C=O) groups excluding carboxylic acids is 3. The maximum Gasteiger partial charge on any atom is 0.408 e. The normalized spacial score (nSPS) is 11.6. The topological polar surface area (TPSA) is 108 Å². The molecule has 0 radical (unpaired) electrons. The maximum atomic E-state index is 13.2. The highest BCUT2D eigenvalue weighted by molar-refractivity contribution is 5.99. The summed E-state index contributed by atoms with van der Waals surface area (Å²) in [6.07, 6.45) is 4.78. The Morgan fingerprint density at radius 1 is 1.12 bits per heavy atom. The monoisotopic (exact) mass is 437 g/mol. The third kappa shape index (κ3) is 6.51. The molecular weight excluding hydrogens is 410 g/mol. The Balaban J connectivity index is 2.31. The van der Waals surface area contributed by atoms with Crippen molar-refractivity contribution in [3.63, 3.8) is 0 Å². The molecule has 3 N–H and O–H groups in total. The minimum Gasteiger partial charge on any atom is -0.508 e. The Bertz CT molecular complexity index is 1040. The number of hydrogen-bond donors (Lipinski definition) is 3. The summed E-state index contributed by atoms with van der Waals surface area (Å²) in [5.74, 6) is -1.55. The fourth-order valence-corrected chi connectivity index (χ4v) is 2.87. The van der Waals surface area contributed by atoms with E-state index in [1.165, 1.54) is 12.1 Å². The molecule has 2 rings (SSSR count). The van der Waals surface area contributed by atoms with Crippen LogP contribution in [0.1, 0.15) is 37.9 Å². The van der Waals surface area contributed by atoms with Gasteiger partial charge in [-0.05, 0) is 45.4 Å². The number of anilines is 1. The van der Waals surface area contributed by atoms with E-state index < -0.39 is 36.1 Å². The average Bonchev–Trinajstić information content (AvgIpc) is 2.71. The molecule has 0 saturated carbocycles. The van der Waals surface area contributed by atoms with Gasteiger partial charge >= 0.3 is 6.09 Å². The predicted octanol–water partition coefficient (Wildman–Crippen LogP) is 3.32. The number of aryl methyl sites for hydroxylation is 1. The van der Waals surface area contributed by atoms with Crippen LogP contribution in [-0.2, 0) is 14.3 Å². The van der Waals surface area contributed by atoms with Crippen molar-refractivity contribution in [3.05, 3.63) is 59.7 Å².